The number of carbonyl (C=O) groups excluding carboxylic acids is 2. The van der Waals surface area contributed by atoms with Gasteiger partial charge in [0.15, 0.2) is 11.5 Å². The van der Waals surface area contributed by atoms with E-state index in [0.29, 0.717) is 29.3 Å². The molecule has 0 aliphatic heterocycles. The standard InChI is InChI=1S/C21H22N4O4/c1-14(26)24-18-11-16(12-19(28-2)20(18)29-3)21(27)22-13-15-5-7-17(8-6-15)25-10-4-9-23-25/h4-12H,13H2,1-3H3,(H,22,27)(H,24,26). The van der Waals surface area contributed by atoms with Crippen LogP contribution in [0, 0.1) is 0 Å². The fourth-order valence-corrected chi connectivity index (χ4v) is 2.85. The molecule has 0 saturated heterocycles. The molecule has 0 aliphatic rings. The van der Waals surface area contributed by atoms with Gasteiger partial charge in [-0.2, -0.15) is 5.10 Å². The third kappa shape index (κ3) is 4.73. The molecule has 1 aromatic heterocycles. The molecule has 0 aliphatic carbocycles. The molecule has 0 fully saturated rings. The highest BCUT2D eigenvalue weighted by Crippen LogP contribution is 2.36. The van der Waals surface area contributed by atoms with Gasteiger partial charge in [-0.3, -0.25) is 9.59 Å². The molecule has 0 bridgehead atoms. The smallest absolute Gasteiger partial charge is 0.251 e. The summed E-state index contributed by atoms with van der Waals surface area (Å²) in [6.45, 7) is 1.73. The van der Waals surface area contributed by atoms with Crippen LogP contribution in [0.5, 0.6) is 11.5 Å². The third-order valence-corrected chi connectivity index (χ3v) is 4.21. The van der Waals surface area contributed by atoms with Crippen LogP contribution in [-0.4, -0.2) is 35.8 Å². The van der Waals surface area contributed by atoms with E-state index >= 15 is 0 Å². The molecule has 2 aromatic carbocycles. The van der Waals surface area contributed by atoms with Crippen LogP contribution >= 0.6 is 0 Å². The molecule has 2 amide bonds. The van der Waals surface area contributed by atoms with Gasteiger partial charge in [-0.1, -0.05) is 12.1 Å². The molecule has 0 unspecified atom stereocenters. The molecule has 1 heterocycles. The molecule has 0 saturated carbocycles. The number of anilines is 1. The lowest BCUT2D eigenvalue weighted by atomic mass is 10.1. The number of ether oxygens (including phenoxy) is 2. The van der Waals surface area contributed by atoms with E-state index in [1.54, 1.807) is 23.0 Å². The molecule has 150 valence electrons. The Bertz CT molecular complexity index is 998. The summed E-state index contributed by atoms with van der Waals surface area (Å²) in [5, 5.41) is 9.71. The lowest BCUT2D eigenvalue weighted by Crippen LogP contribution is -2.23. The Kier molecular flexibility index (Phi) is 6.13. The normalized spacial score (nSPS) is 10.3. The van der Waals surface area contributed by atoms with Gasteiger partial charge in [0.05, 0.1) is 25.6 Å². The highest BCUT2D eigenvalue weighted by atomic mass is 16.5. The van der Waals surface area contributed by atoms with Crippen molar-refractivity contribution in [1.82, 2.24) is 15.1 Å². The van der Waals surface area contributed by atoms with Gasteiger partial charge in [-0.25, -0.2) is 4.68 Å². The summed E-state index contributed by atoms with van der Waals surface area (Å²) in [5.74, 6) is 0.134. The number of nitrogens with one attached hydrogen (secondary N) is 2. The third-order valence-electron chi connectivity index (χ3n) is 4.21. The summed E-state index contributed by atoms with van der Waals surface area (Å²) in [4.78, 5) is 24.1. The van der Waals surface area contributed by atoms with Gasteiger partial charge in [0.1, 0.15) is 0 Å². The SMILES string of the molecule is COc1cc(C(=O)NCc2ccc(-n3cccn3)cc2)cc(NC(C)=O)c1OC. The van der Waals surface area contributed by atoms with Crippen LogP contribution in [0.4, 0.5) is 5.69 Å². The second-order valence-electron chi connectivity index (χ2n) is 6.24. The Morgan fingerprint density at radius 3 is 2.45 bits per heavy atom. The van der Waals surface area contributed by atoms with Gasteiger partial charge >= 0.3 is 0 Å². The summed E-state index contributed by atoms with van der Waals surface area (Å²) >= 11 is 0. The van der Waals surface area contributed by atoms with Gasteiger partial charge in [0.25, 0.3) is 5.91 Å². The second kappa shape index (κ2) is 8.92. The molecular weight excluding hydrogens is 372 g/mol. The molecule has 3 rings (SSSR count). The van der Waals surface area contributed by atoms with Gasteiger partial charge in [0, 0.05) is 31.4 Å². The highest BCUT2D eigenvalue weighted by molar-refractivity contribution is 5.99. The van der Waals surface area contributed by atoms with Crippen LogP contribution in [0.1, 0.15) is 22.8 Å². The summed E-state index contributed by atoms with van der Waals surface area (Å²) in [5.41, 5.74) is 2.59. The van der Waals surface area contributed by atoms with Crippen molar-refractivity contribution in [3.8, 4) is 17.2 Å². The first kappa shape index (κ1) is 19.9. The number of carbonyl (C=O) groups is 2. The van der Waals surface area contributed by atoms with Crippen molar-refractivity contribution < 1.29 is 19.1 Å². The second-order valence-corrected chi connectivity index (χ2v) is 6.24. The van der Waals surface area contributed by atoms with Gasteiger partial charge < -0.3 is 20.1 Å². The predicted octanol–water partition coefficient (Wildman–Crippen LogP) is 2.78. The monoisotopic (exact) mass is 394 g/mol. The zero-order chi connectivity index (χ0) is 20.8. The largest absolute Gasteiger partial charge is 0.493 e. The maximum absolute atomic E-state index is 12.6. The molecule has 29 heavy (non-hydrogen) atoms. The fraction of sp³-hybridized carbons (Fsp3) is 0.190. The van der Waals surface area contributed by atoms with E-state index in [1.165, 1.54) is 21.1 Å². The number of hydrogen-bond acceptors (Lipinski definition) is 5. The number of benzene rings is 2. The summed E-state index contributed by atoms with van der Waals surface area (Å²) in [6, 6.07) is 12.7. The Morgan fingerprint density at radius 2 is 1.86 bits per heavy atom. The van der Waals surface area contributed by atoms with E-state index in [9.17, 15) is 9.59 Å². The Hall–Kier alpha value is -3.81. The van der Waals surface area contributed by atoms with Crippen LogP contribution < -0.4 is 20.1 Å². The van der Waals surface area contributed by atoms with Crippen molar-refractivity contribution in [1.29, 1.82) is 0 Å². The van der Waals surface area contributed by atoms with Crippen molar-refractivity contribution in [3.63, 3.8) is 0 Å². The molecule has 2 N–H and O–H groups in total. The van der Waals surface area contributed by atoms with Crippen molar-refractivity contribution in [3.05, 3.63) is 66.0 Å². The zero-order valence-corrected chi connectivity index (χ0v) is 16.4. The van der Waals surface area contributed by atoms with E-state index in [4.69, 9.17) is 9.47 Å². The van der Waals surface area contributed by atoms with Gasteiger partial charge in [0.2, 0.25) is 5.91 Å². The number of methoxy groups -OCH3 is 2. The van der Waals surface area contributed by atoms with Crippen LogP contribution in [0.25, 0.3) is 5.69 Å². The zero-order valence-electron chi connectivity index (χ0n) is 16.4. The molecule has 0 spiro atoms. The van der Waals surface area contributed by atoms with Crippen LogP contribution in [0.3, 0.4) is 0 Å². The van der Waals surface area contributed by atoms with Crippen LogP contribution in [-0.2, 0) is 11.3 Å². The summed E-state index contributed by atoms with van der Waals surface area (Å²) < 4.78 is 12.4. The summed E-state index contributed by atoms with van der Waals surface area (Å²) in [7, 11) is 2.94. The van der Waals surface area contributed by atoms with Crippen LogP contribution in [0.15, 0.2) is 54.9 Å². The van der Waals surface area contributed by atoms with Crippen molar-refractivity contribution in [2.24, 2.45) is 0 Å². The topological polar surface area (TPSA) is 94.5 Å². The fourth-order valence-electron chi connectivity index (χ4n) is 2.85. The average molecular weight is 394 g/mol. The van der Waals surface area contributed by atoms with Crippen LogP contribution in [0.2, 0.25) is 0 Å². The van der Waals surface area contributed by atoms with Crippen molar-refractivity contribution >= 4 is 17.5 Å². The first-order chi connectivity index (χ1) is 14.0. The Balaban J connectivity index is 1.73. The molecule has 0 radical (unpaired) electrons. The van der Waals surface area contributed by atoms with E-state index in [-0.39, 0.29) is 11.8 Å². The van der Waals surface area contributed by atoms with E-state index < -0.39 is 0 Å². The molecule has 8 nitrogen and oxygen atoms in total. The number of amides is 2. The lowest BCUT2D eigenvalue weighted by Gasteiger charge is -2.15. The van der Waals surface area contributed by atoms with Gasteiger partial charge in [-0.05, 0) is 35.9 Å². The van der Waals surface area contributed by atoms with Gasteiger partial charge in [-0.15, -0.1) is 0 Å². The Morgan fingerprint density at radius 1 is 1.10 bits per heavy atom. The summed E-state index contributed by atoms with van der Waals surface area (Å²) in [6.07, 6.45) is 3.58. The van der Waals surface area contributed by atoms with E-state index in [2.05, 4.69) is 15.7 Å². The molecule has 3 aromatic rings. The molecule has 8 heteroatoms. The highest BCUT2D eigenvalue weighted by Gasteiger charge is 2.17. The average Bonchev–Trinajstić information content (AvgIpc) is 3.26. The first-order valence-corrected chi connectivity index (χ1v) is 8.92. The van der Waals surface area contributed by atoms with E-state index in [1.807, 2.05) is 36.5 Å². The predicted molar refractivity (Wildman–Crippen MR) is 109 cm³/mol. The van der Waals surface area contributed by atoms with Crippen molar-refractivity contribution in [2.45, 2.75) is 13.5 Å². The maximum Gasteiger partial charge on any atom is 0.251 e. The van der Waals surface area contributed by atoms with Crippen molar-refractivity contribution in [2.75, 3.05) is 19.5 Å². The lowest BCUT2D eigenvalue weighted by molar-refractivity contribution is -0.114. The first-order valence-electron chi connectivity index (χ1n) is 8.92. The minimum atomic E-state index is -0.297. The number of aromatic nitrogens is 2. The maximum atomic E-state index is 12.6. The van der Waals surface area contributed by atoms with E-state index in [0.717, 1.165) is 11.3 Å². The number of hydrogen-bond donors (Lipinski definition) is 2. The quantitative estimate of drug-likeness (QED) is 0.643. The minimum absolute atomic E-state index is 0.278. The minimum Gasteiger partial charge on any atom is -0.493 e. The molecule has 0 atom stereocenters. The number of rotatable bonds is 7. The number of nitrogens with zero attached hydrogens (tertiary/aromatic N) is 2. The Labute approximate surface area is 168 Å². The molecular formula is C21H22N4O4.